The van der Waals surface area contributed by atoms with Gasteiger partial charge in [-0.15, -0.1) is 5.10 Å². The quantitative estimate of drug-likeness (QED) is 0.545. The number of aromatic nitrogens is 3. The molecule has 158 valence electrons. The van der Waals surface area contributed by atoms with Crippen LogP contribution in [-0.2, 0) is 17.5 Å². The number of hydrogen-bond donors (Lipinski definition) is 1. The van der Waals surface area contributed by atoms with Crippen LogP contribution in [-0.4, -0.2) is 38.5 Å². The van der Waals surface area contributed by atoms with Gasteiger partial charge in [0.25, 0.3) is 6.08 Å². The number of unbranched alkanes of at least 4 members (excludes halogenated alkanes) is 1. The highest BCUT2D eigenvalue weighted by atomic mass is 19.4. The molecule has 0 bridgehead atoms. The van der Waals surface area contributed by atoms with Gasteiger partial charge in [-0.1, -0.05) is 13.3 Å². The molecule has 2 aromatic heterocycles. The van der Waals surface area contributed by atoms with Gasteiger partial charge < -0.3 is 10.2 Å². The first-order valence-corrected chi connectivity index (χ1v) is 9.19. The lowest BCUT2D eigenvalue weighted by Gasteiger charge is -2.17. The van der Waals surface area contributed by atoms with E-state index in [1.807, 2.05) is 6.92 Å². The van der Waals surface area contributed by atoms with E-state index in [4.69, 9.17) is 0 Å². The summed E-state index contributed by atoms with van der Waals surface area (Å²) >= 11 is 0. The van der Waals surface area contributed by atoms with Crippen LogP contribution in [0.3, 0.4) is 0 Å². The zero-order valence-electron chi connectivity index (χ0n) is 15.6. The predicted octanol–water partition coefficient (Wildman–Crippen LogP) is 4.09. The summed E-state index contributed by atoms with van der Waals surface area (Å²) in [6.07, 6.45) is -4.37. The van der Waals surface area contributed by atoms with Gasteiger partial charge in [0, 0.05) is 25.4 Å². The minimum Gasteiger partial charge on any atom is -0.369 e. The molecule has 0 saturated carbocycles. The highest BCUT2D eigenvalue weighted by molar-refractivity contribution is 5.79. The first kappa shape index (κ1) is 21.0. The van der Waals surface area contributed by atoms with Crippen LogP contribution >= 0.6 is 0 Å². The van der Waals surface area contributed by atoms with Gasteiger partial charge in [0.1, 0.15) is 5.82 Å². The molecule has 1 saturated heterocycles. The maximum absolute atomic E-state index is 13.5. The maximum atomic E-state index is 13.5. The maximum Gasteiger partial charge on any atom is 0.435 e. The number of imidazole rings is 1. The zero-order valence-corrected chi connectivity index (χ0v) is 15.6. The summed E-state index contributed by atoms with van der Waals surface area (Å²) in [4.78, 5) is 16.9. The van der Waals surface area contributed by atoms with E-state index in [1.165, 1.54) is 12.1 Å². The molecule has 1 fully saturated rings. The number of halogens is 5. The summed E-state index contributed by atoms with van der Waals surface area (Å²) < 4.78 is 66.6. The van der Waals surface area contributed by atoms with E-state index in [0.717, 1.165) is 22.3 Å². The molecule has 1 aliphatic heterocycles. The molecule has 2 aromatic rings. The van der Waals surface area contributed by atoms with Gasteiger partial charge in [-0.25, -0.2) is 9.50 Å². The number of anilines is 1. The van der Waals surface area contributed by atoms with E-state index in [9.17, 15) is 26.7 Å². The van der Waals surface area contributed by atoms with Crippen LogP contribution in [0.5, 0.6) is 0 Å². The van der Waals surface area contributed by atoms with E-state index >= 15 is 0 Å². The molecule has 1 atom stereocenters. The van der Waals surface area contributed by atoms with Crippen LogP contribution in [0.1, 0.15) is 37.6 Å². The number of alkyl halides is 3. The predicted molar refractivity (Wildman–Crippen MR) is 95.2 cm³/mol. The molecule has 11 heteroatoms. The third-order valence-corrected chi connectivity index (χ3v) is 4.62. The van der Waals surface area contributed by atoms with E-state index in [2.05, 4.69) is 15.4 Å². The highest BCUT2D eigenvalue weighted by Crippen LogP contribution is 2.33. The van der Waals surface area contributed by atoms with E-state index in [0.29, 0.717) is 18.4 Å². The number of carbonyl (C=O) groups is 1. The van der Waals surface area contributed by atoms with Gasteiger partial charge in [0.2, 0.25) is 5.91 Å². The fourth-order valence-electron chi connectivity index (χ4n) is 3.26. The largest absolute Gasteiger partial charge is 0.435 e. The molecule has 3 heterocycles. The topological polar surface area (TPSA) is 62.5 Å². The van der Waals surface area contributed by atoms with Crippen LogP contribution < -0.4 is 5.32 Å². The number of amides is 1. The van der Waals surface area contributed by atoms with E-state index in [1.54, 1.807) is 0 Å². The lowest BCUT2D eigenvalue weighted by Crippen LogP contribution is -2.27. The van der Waals surface area contributed by atoms with Gasteiger partial charge in [0.05, 0.1) is 12.2 Å². The lowest BCUT2D eigenvalue weighted by atomic mass is 10.1. The van der Waals surface area contributed by atoms with Crippen molar-refractivity contribution in [1.82, 2.24) is 19.5 Å². The summed E-state index contributed by atoms with van der Waals surface area (Å²) in [6, 6.07) is 2.95. The zero-order chi connectivity index (χ0) is 21.2. The number of nitrogens with zero attached hydrogens (tertiary/aromatic N) is 4. The second-order valence-corrected chi connectivity index (χ2v) is 6.87. The van der Waals surface area contributed by atoms with Crippen molar-refractivity contribution >= 4 is 17.4 Å². The number of hydrogen-bond acceptors (Lipinski definition) is 4. The Balaban J connectivity index is 1.94. The Morgan fingerprint density at radius 2 is 2.10 bits per heavy atom. The second kappa shape index (κ2) is 8.34. The lowest BCUT2D eigenvalue weighted by molar-refractivity contribution is -0.142. The van der Waals surface area contributed by atoms with E-state index in [-0.39, 0.29) is 24.3 Å². The molecule has 0 aliphatic carbocycles. The van der Waals surface area contributed by atoms with Crippen LogP contribution in [0.4, 0.5) is 27.8 Å². The normalized spacial score (nSPS) is 17.2. The first-order valence-electron chi connectivity index (χ1n) is 9.19. The van der Waals surface area contributed by atoms with Crippen LogP contribution in [0.15, 0.2) is 24.3 Å². The summed E-state index contributed by atoms with van der Waals surface area (Å²) in [5, 5.41) is 7.22. The Morgan fingerprint density at radius 3 is 2.76 bits per heavy atom. The number of likely N-dealkylation sites (tertiary alicyclic amines) is 1. The van der Waals surface area contributed by atoms with Crippen LogP contribution in [0, 0.1) is 5.92 Å². The molecule has 1 N–H and O–H groups in total. The summed E-state index contributed by atoms with van der Waals surface area (Å²) in [5.74, 6) is -0.848. The third kappa shape index (κ3) is 4.83. The average Bonchev–Trinajstić information content (AvgIpc) is 3.15. The summed E-state index contributed by atoms with van der Waals surface area (Å²) in [5.41, 5.74) is -1.45. The van der Waals surface area contributed by atoms with Gasteiger partial charge in [-0.05, 0) is 24.6 Å². The van der Waals surface area contributed by atoms with Gasteiger partial charge >= 0.3 is 6.18 Å². The molecule has 1 amide bonds. The smallest absolute Gasteiger partial charge is 0.369 e. The Morgan fingerprint density at radius 1 is 1.34 bits per heavy atom. The third-order valence-electron chi connectivity index (χ3n) is 4.62. The molecule has 1 aliphatic rings. The standard InChI is InChI=1S/C18H20F5N5O/c1-2-3-6-24-14-4-5-15-25-17(18(21,22)23)12(28(15)26-14)10-27-9-11(7-13(19)20)8-16(27)29/h4-5,7,11H,2-3,6,8-10H2,1H3,(H,24,26). The minimum absolute atomic E-state index is 0.00809. The van der Waals surface area contributed by atoms with Crippen molar-refractivity contribution in [2.75, 3.05) is 18.4 Å². The average molecular weight is 417 g/mol. The Labute approximate surface area is 163 Å². The van der Waals surface area contributed by atoms with Crippen molar-refractivity contribution in [2.24, 2.45) is 5.92 Å². The first-order chi connectivity index (χ1) is 13.7. The monoisotopic (exact) mass is 417 g/mol. The van der Waals surface area contributed by atoms with Crippen molar-refractivity contribution in [1.29, 1.82) is 0 Å². The summed E-state index contributed by atoms with van der Waals surface area (Å²) in [7, 11) is 0. The Bertz CT molecular complexity index is 919. The Hall–Kier alpha value is -2.72. The van der Waals surface area contributed by atoms with Crippen LogP contribution in [0.2, 0.25) is 0 Å². The van der Waals surface area contributed by atoms with Crippen molar-refractivity contribution in [3.05, 3.63) is 35.7 Å². The van der Waals surface area contributed by atoms with Gasteiger partial charge in [-0.3, -0.25) is 4.79 Å². The van der Waals surface area contributed by atoms with Gasteiger partial charge in [-0.2, -0.15) is 22.0 Å². The molecule has 3 rings (SSSR count). The van der Waals surface area contributed by atoms with Crippen molar-refractivity contribution in [3.63, 3.8) is 0 Å². The minimum atomic E-state index is -4.74. The molecular formula is C18H20F5N5O. The molecule has 6 nitrogen and oxygen atoms in total. The van der Waals surface area contributed by atoms with Crippen molar-refractivity contribution in [3.8, 4) is 0 Å². The van der Waals surface area contributed by atoms with Crippen LogP contribution in [0.25, 0.3) is 5.65 Å². The molecular weight excluding hydrogens is 397 g/mol. The fourth-order valence-corrected chi connectivity index (χ4v) is 3.26. The molecule has 1 unspecified atom stereocenters. The fraction of sp³-hybridized carbons (Fsp3) is 0.500. The molecule has 0 aromatic carbocycles. The number of nitrogens with one attached hydrogen (secondary N) is 1. The van der Waals surface area contributed by atoms with Gasteiger partial charge in [0.15, 0.2) is 11.3 Å². The molecule has 29 heavy (non-hydrogen) atoms. The molecule has 0 spiro atoms. The van der Waals surface area contributed by atoms with E-state index < -0.39 is 36.3 Å². The number of fused-ring (bicyclic) bond motifs is 1. The number of carbonyl (C=O) groups excluding carboxylic acids is 1. The summed E-state index contributed by atoms with van der Waals surface area (Å²) in [6.45, 7) is 2.11. The highest BCUT2D eigenvalue weighted by Gasteiger charge is 2.40. The number of rotatable bonds is 7. The van der Waals surface area contributed by atoms with Crippen molar-refractivity contribution < 1.29 is 26.7 Å². The second-order valence-electron chi connectivity index (χ2n) is 6.87. The molecule has 0 radical (unpaired) electrons. The van der Waals surface area contributed by atoms with Crippen molar-refractivity contribution in [2.45, 2.75) is 38.9 Å². The Kier molecular flexibility index (Phi) is 6.04. The SMILES string of the molecule is CCCCNc1ccc2nc(C(F)(F)F)c(CN3CC(C=C(F)F)CC3=O)n2n1.